The van der Waals surface area contributed by atoms with Crippen molar-refractivity contribution in [3.63, 3.8) is 0 Å². The fraction of sp³-hybridized carbons (Fsp3) is 0.300. The van der Waals surface area contributed by atoms with Crippen LogP contribution >= 0.6 is 27.5 Å². The second-order valence-electron chi connectivity index (χ2n) is 3.46. The summed E-state index contributed by atoms with van der Waals surface area (Å²) in [5.74, 6) is 0.227. The number of hydrogen-bond acceptors (Lipinski definition) is 3. The number of benzene rings is 1. The second-order valence-corrected chi connectivity index (χ2v) is 4.56. The molecule has 0 aliphatic carbocycles. The molecule has 4 nitrogen and oxygen atoms in total. The van der Waals surface area contributed by atoms with Gasteiger partial charge in [-0.3, -0.25) is 5.10 Å². The summed E-state index contributed by atoms with van der Waals surface area (Å²) in [6.45, 7) is 0.435. The Morgan fingerprint density at radius 3 is 3.12 bits per heavy atom. The maximum atomic E-state index is 9.32. The first-order chi connectivity index (χ1) is 7.70. The van der Waals surface area contributed by atoms with Crippen molar-refractivity contribution in [2.24, 2.45) is 0 Å². The van der Waals surface area contributed by atoms with Gasteiger partial charge < -0.3 is 10.4 Å². The van der Waals surface area contributed by atoms with E-state index in [9.17, 15) is 5.11 Å². The molecule has 2 aromatic rings. The summed E-state index contributed by atoms with van der Waals surface area (Å²) < 4.78 is 0.851. The third-order valence-electron chi connectivity index (χ3n) is 2.23. The molecule has 1 aromatic carbocycles. The van der Waals surface area contributed by atoms with Crippen LogP contribution < -0.4 is 5.32 Å². The minimum absolute atomic E-state index is 0.227. The fourth-order valence-corrected chi connectivity index (χ4v) is 1.89. The molecule has 0 bridgehead atoms. The number of aromatic amines is 1. The Morgan fingerprint density at radius 2 is 2.38 bits per heavy atom. The Bertz CT molecular complexity index is 488. The Morgan fingerprint density at radius 1 is 1.56 bits per heavy atom. The van der Waals surface area contributed by atoms with Gasteiger partial charge in [-0.05, 0) is 34.1 Å². The molecule has 0 saturated heterocycles. The smallest absolute Gasteiger partial charge is 0.108 e. The minimum Gasteiger partial charge on any atom is -0.390 e. The lowest BCUT2D eigenvalue weighted by molar-refractivity contribution is 0.211. The molecule has 1 unspecified atom stereocenters. The van der Waals surface area contributed by atoms with Gasteiger partial charge in [0.2, 0.25) is 0 Å². The van der Waals surface area contributed by atoms with Gasteiger partial charge in [-0.1, -0.05) is 0 Å². The molecule has 0 aliphatic rings. The third-order valence-corrected chi connectivity index (χ3v) is 3.19. The van der Waals surface area contributed by atoms with Crippen molar-refractivity contribution in [2.75, 3.05) is 17.7 Å². The summed E-state index contributed by atoms with van der Waals surface area (Å²) in [6.07, 6.45) is -0.537. The van der Waals surface area contributed by atoms with Crippen LogP contribution in [0.15, 0.2) is 22.8 Å². The van der Waals surface area contributed by atoms with E-state index in [2.05, 4.69) is 31.4 Å². The first-order valence-electron chi connectivity index (χ1n) is 4.82. The Hall–Kier alpha value is -0.780. The van der Waals surface area contributed by atoms with Gasteiger partial charge in [-0.25, -0.2) is 0 Å². The van der Waals surface area contributed by atoms with Crippen LogP contribution in [0, 0.1) is 0 Å². The molecule has 6 heteroatoms. The van der Waals surface area contributed by atoms with Crippen molar-refractivity contribution in [3.05, 3.63) is 22.8 Å². The molecule has 16 heavy (non-hydrogen) atoms. The van der Waals surface area contributed by atoms with Crippen LogP contribution in [-0.4, -0.2) is 33.8 Å². The Kier molecular flexibility index (Phi) is 3.68. The van der Waals surface area contributed by atoms with E-state index < -0.39 is 6.10 Å². The van der Waals surface area contributed by atoms with Crippen LogP contribution in [-0.2, 0) is 0 Å². The molecule has 0 radical (unpaired) electrons. The van der Waals surface area contributed by atoms with Crippen molar-refractivity contribution in [3.8, 4) is 0 Å². The molecular formula is C10H11BrClN3O. The molecule has 0 fully saturated rings. The summed E-state index contributed by atoms with van der Waals surface area (Å²) >= 11 is 8.89. The van der Waals surface area contributed by atoms with Crippen molar-refractivity contribution in [2.45, 2.75) is 6.10 Å². The highest BCUT2D eigenvalue weighted by molar-refractivity contribution is 9.10. The summed E-state index contributed by atoms with van der Waals surface area (Å²) in [7, 11) is 0. The van der Waals surface area contributed by atoms with E-state index in [0.29, 0.717) is 6.54 Å². The Labute approximate surface area is 106 Å². The van der Waals surface area contributed by atoms with Crippen LogP contribution in [0.25, 0.3) is 10.9 Å². The largest absolute Gasteiger partial charge is 0.390 e. The van der Waals surface area contributed by atoms with Gasteiger partial charge in [0.1, 0.15) is 4.60 Å². The minimum atomic E-state index is -0.537. The number of nitrogens with zero attached hydrogens (tertiary/aromatic N) is 1. The topological polar surface area (TPSA) is 60.9 Å². The lowest BCUT2D eigenvalue weighted by Gasteiger charge is -2.09. The molecule has 1 heterocycles. The van der Waals surface area contributed by atoms with Gasteiger partial charge >= 0.3 is 0 Å². The number of fused-ring (bicyclic) bond motifs is 1. The number of anilines is 1. The highest BCUT2D eigenvalue weighted by Crippen LogP contribution is 2.24. The number of aliphatic hydroxyl groups is 1. The molecule has 1 aromatic heterocycles. The van der Waals surface area contributed by atoms with E-state index in [-0.39, 0.29) is 5.88 Å². The van der Waals surface area contributed by atoms with E-state index >= 15 is 0 Å². The highest BCUT2D eigenvalue weighted by Gasteiger charge is 2.05. The van der Waals surface area contributed by atoms with Gasteiger partial charge in [0, 0.05) is 17.6 Å². The van der Waals surface area contributed by atoms with Crippen LogP contribution in [0.2, 0.25) is 0 Å². The predicted molar refractivity (Wildman–Crippen MR) is 69.0 cm³/mol. The van der Waals surface area contributed by atoms with Gasteiger partial charge in [0.15, 0.2) is 0 Å². The standard InChI is InChI=1S/C10H11BrClN3O/c11-10-8-3-6(13-5-7(16)4-12)1-2-9(8)14-15-10/h1-3,7,13,16H,4-5H2,(H,14,15). The van der Waals surface area contributed by atoms with Gasteiger partial charge in [0.25, 0.3) is 0 Å². The van der Waals surface area contributed by atoms with Gasteiger partial charge in [-0.2, -0.15) is 5.10 Å². The quantitative estimate of drug-likeness (QED) is 0.760. The number of aliphatic hydroxyl groups excluding tert-OH is 1. The summed E-state index contributed by atoms with van der Waals surface area (Å²) in [6, 6.07) is 5.78. The molecule has 0 aliphatic heterocycles. The summed E-state index contributed by atoms with van der Waals surface area (Å²) in [5.41, 5.74) is 1.83. The normalized spacial score (nSPS) is 12.9. The third kappa shape index (κ3) is 2.48. The van der Waals surface area contributed by atoms with E-state index in [1.807, 2.05) is 18.2 Å². The van der Waals surface area contributed by atoms with E-state index in [1.54, 1.807) is 0 Å². The van der Waals surface area contributed by atoms with Crippen molar-refractivity contribution in [1.29, 1.82) is 0 Å². The number of alkyl halides is 1. The molecule has 0 amide bonds. The second kappa shape index (κ2) is 5.03. The monoisotopic (exact) mass is 303 g/mol. The molecule has 86 valence electrons. The first-order valence-corrected chi connectivity index (χ1v) is 6.15. The molecule has 0 spiro atoms. The molecule has 2 rings (SSSR count). The van der Waals surface area contributed by atoms with Crippen LogP contribution in [0.4, 0.5) is 5.69 Å². The summed E-state index contributed by atoms with van der Waals surface area (Å²) in [4.78, 5) is 0. The van der Waals surface area contributed by atoms with E-state index in [4.69, 9.17) is 11.6 Å². The van der Waals surface area contributed by atoms with Gasteiger partial charge in [0.05, 0.1) is 17.5 Å². The van der Waals surface area contributed by atoms with Gasteiger partial charge in [-0.15, -0.1) is 11.6 Å². The Balaban J connectivity index is 2.15. The highest BCUT2D eigenvalue weighted by atomic mass is 79.9. The zero-order valence-electron chi connectivity index (χ0n) is 8.37. The lowest BCUT2D eigenvalue weighted by atomic mass is 10.2. The van der Waals surface area contributed by atoms with E-state index in [1.165, 1.54) is 0 Å². The van der Waals surface area contributed by atoms with Crippen LogP contribution in [0.3, 0.4) is 0 Å². The van der Waals surface area contributed by atoms with Crippen molar-refractivity contribution >= 4 is 44.1 Å². The molecule has 0 saturated carbocycles. The number of hydrogen-bond donors (Lipinski definition) is 3. The SMILES string of the molecule is OC(CCl)CNc1ccc2n[nH]c(Br)c2c1. The summed E-state index contributed by atoms with van der Waals surface area (Å²) in [5, 5.41) is 20.4. The molecular weight excluding hydrogens is 293 g/mol. The maximum Gasteiger partial charge on any atom is 0.108 e. The predicted octanol–water partition coefficient (Wildman–Crippen LogP) is 2.34. The van der Waals surface area contributed by atoms with Crippen LogP contribution in [0.1, 0.15) is 0 Å². The number of nitrogens with one attached hydrogen (secondary N) is 2. The van der Waals surface area contributed by atoms with Crippen molar-refractivity contribution in [1.82, 2.24) is 10.2 Å². The molecule has 1 atom stereocenters. The van der Waals surface area contributed by atoms with Crippen LogP contribution in [0.5, 0.6) is 0 Å². The fourth-order valence-electron chi connectivity index (χ4n) is 1.38. The number of halogens is 2. The number of H-pyrrole nitrogens is 1. The number of aromatic nitrogens is 2. The van der Waals surface area contributed by atoms with Crippen molar-refractivity contribution < 1.29 is 5.11 Å². The average molecular weight is 305 g/mol. The zero-order chi connectivity index (χ0) is 11.5. The average Bonchev–Trinajstić information content (AvgIpc) is 2.68. The van der Waals surface area contributed by atoms with E-state index in [0.717, 1.165) is 21.2 Å². The first kappa shape index (κ1) is 11.7. The maximum absolute atomic E-state index is 9.32. The number of rotatable bonds is 4. The molecule has 3 N–H and O–H groups in total. The lowest BCUT2D eigenvalue weighted by Crippen LogP contribution is -2.20. The zero-order valence-corrected chi connectivity index (χ0v) is 10.7.